The fourth-order valence-corrected chi connectivity index (χ4v) is 2.80. The van der Waals surface area contributed by atoms with E-state index in [0.717, 1.165) is 0 Å². The van der Waals surface area contributed by atoms with Crippen LogP contribution in [-0.2, 0) is 0 Å². The van der Waals surface area contributed by atoms with E-state index in [1.165, 1.54) is 30.3 Å². The minimum absolute atomic E-state index is 0.186. The lowest BCUT2D eigenvalue weighted by molar-refractivity contribution is -0.385. The topological polar surface area (TPSA) is 97.5 Å². The van der Waals surface area contributed by atoms with Crippen molar-refractivity contribution in [3.63, 3.8) is 0 Å². The summed E-state index contributed by atoms with van der Waals surface area (Å²) in [7, 11) is 0. The number of Topliss-reactive ketones (excluding diaryl/α,β-unsaturated/α-hetero) is 1. The number of ketones is 2. The van der Waals surface area contributed by atoms with Gasteiger partial charge >= 0.3 is 0 Å². The second-order valence-electron chi connectivity index (χ2n) is 5.83. The summed E-state index contributed by atoms with van der Waals surface area (Å²) in [5, 5.41) is 21.9. The Labute approximate surface area is 154 Å². The van der Waals surface area contributed by atoms with Gasteiger partial charge in [-0.2, -0.15) is 0 Å². The molecule has 1 N–H and O–H groups in total. The maximum atomic E-state index is 12.9. The monoisotopic (exact) mass is 361 g/mol. The van der Waals surface area contributed by atoms with Gasteiger partial charge in [-0.3, -0.25) is 19.7 Å². The third-order valence-corrected chi connectivity index (χ3v) is 4.13. The maximum Gasteiger partial charge on any atom is 0.281 e. The molecular weight excluding hydrogens is 346 g/mol. The number of carbonyl (C=O) groups excluding carboxylic acids is 2. The molecule has 0 fully saturated rings. The summed E-state index contributed by atoms with van der Waals surface area (Å²) < 4.78 is 0. The Hall–Kier alpha value is -3.64. The average Bonchev–Trinajstić information content (AvgIpc) is 2.72. The number of nitrogens with zero attached hydrogens (tertiary/aromatic N) is 1. The number of carbonyl (C=O) groups is 2. The minimum atomic E-state index is -1.53. The van der Waals surface area contributed by atoms with Crippen LogP contribution >= 0.6 is 0 Å². The molecule has 0 aliphatic heterocycles. The second kappa shape index (κ2) is 7.72. The lowest BCUT2D eigenvalue weighted by Crippen LogP contribution is -2.18. The zero-order chi connectivity index (χ0) is 19.4. The van der Waals surface area contributed by atoms with Gasteiger partial charge in [-0.05, 0) is 5.56 Å². The summed E-state index contributed by atoms with van der Waals surface area (Å²) in [6, 6.07) is 20.0. The van der Waals surface area contributed by atoms with Gasteiger partial charge < -0.3 is 5.11 Å². The zero-order valence-corrected chi connectivity index (χ0v) is 14.1. The Kier molecular flexibility index (Phi) is 5.19. The molecule has 27 heavy (non-hydrogen) atoms. The van der Waals surface area contributed by atoms with E-state index >= 15 is 0 Å². The van der Waals surface area contributed by atoms with Crippen molar-refractivity contribution in [3.8, 4) is 0 Å². The highest BCUT2D eigenvalue weighted by Gasteiger charge is 2.30. The van der Waals surface area contributed by atoms with Crippen LogP contribution in [0.25, 0.3) is 0 Å². The Morgan fingerprint density at radius 1 is 0.852 bits per heavy atom. The van der Waals surface area contributed by atoms with E-state index in [2.05, 4.69) is 0 Å². The smallest absolute Gasteiger partial charge is 0.281 e. The molecule has 0 radical (unpaired) electrons. The molecular formula is C21H15NO5. The van der Waals surface area contributed by atoms with Gasteiger partial charge in [0.1, 0.15) is 11.7 Å². The summed E-state index contributed by atoms with van der Waals surface area (Å²) >= 11 is 0. The van der Waals surface area contributed by atoms with Crippen molar-refractivity contribution in [2.45, 2.75) is 6.10 Å². The van der Waals surface area contributed by atoms with Gasteiger partial charge in [0.05, 0.1) is 4.92 Å². The summed E-state index contributed by atoms with van der Waals surface area (Å²) in [4.78, 5) is 36.5. The lowest BCUT2D eigenvalue weighted by Gasteiger charge is -2.13. The standard InChI is InChI=1S/C21H15NO5/c23-19(14-8-3-1-4-9-14)18-16(12-7-13-17(18)22(26)27)21(25)20(24)15-10-5-2-6-11-15/h1-13,20,24H. The van der Waals surface area contributed by atoms with Crippen LogP contribution in [0.5, 0.6) is 0 Å². The highest BCUT2D eigenvalue weighted by Crippen LogP contribution is 2.29. The molecule has 0 spiro atoms. The number of aliphatic hydroxyl groups excluding tert-OH is 1. The van der Waals surface area contributed by atoms with E-state index in [1.54, 1.807) is 48.5 Å². The molecule has 3 rings (SSSR count). The highest BCUT2D eigenvalue weighted by atomic mass is 16.6. The summed E-state index contributed by atoms with van der Waals surface area (Å²) in [6.07, 6.45) is -1.53. The third-order valence-electron chi connectivity index (χ3n) is 4.13. The molecule has 0 amide bonds. The van der Waals surface area contributed by atoms with Crippen LogP contribution in [-0.4, -0.2) is 21.6 Å². The molecule has 134 valence electrons. The van der Waals surface area contributed by atoms with Crippen LogP contribution in [0.3, 0.4) is 0 Å². The average molecular weight is 361 g/mol. The van der Waals surface area contributed by atoms with Crippen molar-refractivity contribution >= 4 is 17.3 Å². The van der Waals surface area contributed by atoms with Crippen LogP contribution in [0.2, 0.25) is 0 Å². The highest BCUT2D eigenvalue weighted by molar-refractivity contribution is 6.18. The van der Waals surface area contributed by atoms with E-state index in [9.17, 15) is 24.8 Å². The molecule has 0 saturated heterocycles. The van der Waals surface area contributed by atoms with E-state index in [4.69, 9.17) is 0 Å². The Balaban J connectivity index is 2.13. The van der Waals surface area contributed by atoms with E-state index in [1.807, 2.05) is 0 Å². The summed E-state index contributed by atoms with van der Waals surface area (Å²) in [5.41, 5.74) is -0.430. The van der Waals surface area contributed by atoms with Crippen LogP contribution in [0, 0.1) is 10.1 Å². The molecule has 0 aromatic heterocycles. The molecule has 3 aromatic carbocycles. The number of nitro benzene ring substituents is 1. The first-order valence-corrected chi connectivity index (χ1v) is 8.15. The first kappa shape index (κ1) is 18.2. The van der Waals surface area contributed by atoms with Crippen LogP contribution in [0.15, 0.2) is 78.9 Å². The van der Waals surface area contributed by atoms with Crippen molar-refractivity contribution in [1.29, 1.82) is 0 Å². The third kappa shape index (κ3) is 3.65. The van der Waals surface area contributed by atoms with Gasteiger partial charge in [0.15, 0.2) is 5.78 Å². The fourth-order valence-electron chi connectivity index (χ4n) is 2.80. The van der Waals surface area contributed by atoms with Gasteiger partial charge in [0, 0.05) is 17.2 Å². The van der Waals surface area contributed by atoms with Gasteiger partial charge in [0.25, 0.3) is 5.69 Å². The Morgan fingerprint density at radius 2 is 1.44 bits per heavy atom. The van der Waals surface area contributed by atoms with Crippen LogP contribution in [0.4, 0.5) is 5.69 Å². The molecule has 6 nitrogen and oxygen atoms in total. The first-order valence-electron chi connectivity index (χ1n) is 8.15. The molecule has 3 aromatic rings. The maximum absolute atomic E-state index is 12.9. The number of aliphatic hydroxyl groups is 1. The molecule has 0 saturated carbocycles. The van der Waals surface area contributed by atoms with Gasteiger partial charge in [-0.15, -0.1) is 0 Å². The van der Waals surface area contributed by atoms with Crippen molar-refractivity contribution in [2.24, 2.45) is 0 Å². The van der Waals surface area contributed by atoms with Gasteiger partial charge in [-0.1, -0.05) is 72.8 Å². The Bertz CT molecular complexity index is 1000. The van der Waals surface area contributed by atoms with Gasteiger partial charge in [0.2, 0.25) is 5.78 Å². The first-order chi connectivity index (χ1) is 13.0. The molecule has 1 unspecified atom stereocenters. The predicted octanol–water partition coefficient (Wildman–Crippen LogP) is 3.74. The van der Waals surface area contributed by atoms with E-state index in [0.29, 0.717) is 5.56 Å². The largest absolute Gasteiger partial charge is 0.380 e. The van der Waals surface area contributed by atoms with Crippen molar-refractivity contribution < 1.29 is 19.6 Å². The quantitative estimate of drug-likeness (QED) is 0.410. The number of hydrogen-bond donors (Lipinski definition) is 1. The van der Waals surface area contributed by atoms with Crippen molar-refractivity contribution in [1.82, 2.24) is 0 Å². The van der Waals surface area contributed by atoms with Crippen molar-refractivity contribution in [3.05, 3.63) is 111 Å². The lowest BCUT2D eigenvalue weighted by atomic mass is 9.91. The van der Waals surface area contributed by atoms with E-state index in [-0.39, 0.29) is 16.7 Å². The molecule has 0 aliphatic rings. The zero-order valence-electron chi connectivity index (χ0n) is 14.1. The molecule has 0 aliphatic carbocycles. The van der Waals surface area contributed by atoms with Gasteiger partial charge in [-0.25, -0.2) is 0 Å². The molecule has 6 heteroatoms. The SMILES string of the molecule is O=C(c1ccccc1)c1c(C(=O)C(O)c2ccccc2)cccc1[N+](=O)[O-]. The van der Waals surface area contributed by atoms with E-state index < -0.39 is 28.3 Å². The summed E-state index contributed by atoms with van der Waals surface area (Å²) in [5.74, 6) is -1.42. The predicted molar refractivity (Wildman–Crippen MR) is 98.7 cm³/mol. The normalized spacial score (nSPS) is 11.6. The molecule has 0 heterocycles. The van der Waals surface area contributed by atoms with Crippen LogP contribution in [0.1, 0.15) is 37.9 Å². The number of hydrogen-bond acceptors (Lipinski definition) is 5. The fraction of sp³-hybridized carbons (Fsp3) is 0.0476. The van der Waals surface area contributed by atoms with Crippen molar-refractivity contribution in [2.75, 3.05) is 0 Å². The van der Waals surface area contributed by atoms with Crippen LogP contribution < -0.4 is 0 Å². The molecule has 1 atom stereocenters. The summed E-state index contributed by atoms with van der Waals surface area (Å²) in [6.45, 7) is 0. The number of nitro groups is 1. The second-order valence-corrected chi connectivity index (χ2v) is 5.83. The molecule has 0 bridgehead atoms. The minimum Gasteiger partial charge on any atom is -0.380 e. The Morgan fingerprint density at radius 3 is 2.04 bits per heavy atom. The number of rotatable bonds is 6. The number of benzene rings is 3.